The van der Waals surface area contributed by atoms with Crippen LogP contribution in [0.5, 0.6) is 0 Å². The quantitative estimate of drug-likeness (QED) is 0.249. The highest BCUT2D eigenvalue weighted by Gasteiger charge is 2.18. The number of piperidine rings is 1. The van der Waals surface area contributed by atoms with E-state index >= 15 is 0 Å². The fourth-order valence-electron chi connectivity index (χ4n) is 5.12. The summed E-state index contributed by atoms with van der Waals surface area (Å²) in [5.74, 6) is -0.299. The van der Waals surface area contributed by atoms with Crippen molar-refractivity contribution in [1.82, 2.24) is 29.1 Å². The van der Waals surface area contributed by atoms with Gasteiger partial charge in [-0.05, 0) is 77.3 Å². The maximum Gasteiger partial charge on any atom is 0.268 e. The summed E-state index contributed by atoms with van der Waals surface area (Å²) >= 11 is 0.0349. The number of likely N-dealkylation sites (N-methyl/N-ethyl adjacent to an activating group) is 1. The third-order valence-electron chi connectivity index (χ3n) is 7.23. The summed E-state index contributed by atoms with van der Waals surface area (Å²) < 4.78 is 15.5. The molecular weight excluding hydrogens is 513 g/mol. The number of nitrogens with zero attached hydrogens (tertiary/aromatic N) is 5. The second kappa shape index (κ2) is 12.8. The van der Waals surface area contributed by atoms with Crippen LogP contribution in [0.25, 0.3) is 33.1 Å². The van der Waals surface area contributed by atoms with Gasteiger partial charge >= 0.3 is 0 Å². The Morgan fingerprint density at radius 3 is 2.74 bits per heavy atom. The maximum absolute atomic E-state index is 14.1. The van der Waals surface area contributed by atoms with Crippen LogP contribution in [0.4, 0.5) is 9.57 Å². The average Bonchev–Trinajstić information content (AvgIpc) is 3.33. The number of hydrogen-bond donors (Lipinski definition) is 2. The molecule has 4 aromatic rings. The highest BCUT2D eigenvalue weighted by molar-refractivity contribution is 7.93. The molecule has 0 unspecified atom stereocenters. The third kappa shape index (κ3) is 6.51. The number of halogens is 1. The van der Waals surface area contributed by atoms with Crippen LogP contribution >= 0.6 is 12.3 Å². The van der Waals surface area contributed by atoms with E-state index in [0.29, 0.717) is 18.6 Å². The summed E-state index contributed by atoms with van der Waals surface area (Å²) in [7, 11) is 3.88. The smallest absolute Gasteiger partial charge is 0.268 e. The number of anilines is 1. The molecule has 3 aromatic heterocycles. The first kappa shape index (κ1) is 27.4. The van der Waals surface area contributed by atoms with Crippen LogP contribution in [0.15, 0.2) is 48.8 Å². The van der Waals surface area contributed by atoms with E-state index in [1.54, 1.807) is 12.3 Å². The molecule has 0 atom stereocenters. The van der Waals surface area contributed by atoms with E-state index in [-0.39, 0.29) is 23.9 Å². The molecule has 1 aliphatic rings. The van der Waals surface area contributed by atoms with Gasteiger partial charge in [-0.25, -0.2) is 4.98 Å². The van der Waals surface area contributed by atoms with Crippen molar-refractivity contribution in [2.24, 2.45) is 0 Å². The third-order valence-corrected chi connectivity index (χ3v) is 7.76. The van der Waals surface area contributed by atoms with Gasteiger partial charge in [-0.2, -0.15) is 0 Å². The average molecular weight is 550 g/mol. The molecular formula is C29H36FN7OS. The molecule has 1 fully saturated rings. The summed E-state index contributed by atoms with van der Waals surface area (Å²) in [6.45, 7) is 5.55. The van der Waals surface area contributed by atoms with E-state index in [9.17, 15) is 8.68 Å². The first-order valence-electron chi connectivity index (χ1n) is 13.6. The minimum absolute atomic E-state index is 0.0349. The van der Waals surface area contributed by atoms with Crippen LogP contribution in [0.3, 0.4) is 0 Å². The zero-order valence-electron chi connectivity index (χ0n) is 22.6. The molecule has 0 saturated carbocycles. The van der Waals surface area contributed by atoms with Gasteiger partial charge in [0.2, 0.25) is 0 Å². The van der Waals surface area contributed by atoms with Crippen molar-refractivity contribution in [2.75, 3.05) is 58.7 Å². The van der Waals surface area contributed by atoms with Gasteiger partial charge in [0.25, 0.3) is 5.91 Å². The molecule has 1 aliphatic heterocycles. The molecule has 8 nitrogen and oxygen atoms in total. The minimum atomic E-state index is -0.299. The fraction of sp³-hybridized carbons (Fsp3) is 0.414. The van der Waals surface area contributed by atoms with E-state index in [1.165, 1.54) is 36.3 Å². The van der Waals surface area contributed by atoms with Gasteiger partial charge in [0.05, 0.1) is 16.7 Å². The number of hydrogen-bond acceptors (Lipinski definition) is 7. The number of nitrogens with one attached hydrogen (secondary N) is 2. The SMILES string of the molecule is CN(C)CCNC(=O)c1cc2ccc(-c3cc(NCCCN4CCCCC4)c4cnccc4n3)cc2n1SF. The van der Waals surface area contributed by atoms with Crippen molar-refractivity contribution in [2.45, 2.75) is 25.7 Å². The molecule has 2 N–H and O–H groups in total. The van der Waals surface area contributed by atoms with Crippen molar-refractivity contribution in [3.8, 4) is 11.3 Å². The molecule has 5 rings (SSSR count). The Bertz CT molecular complexity index is 1430. The summed E-state index contributed by atoms with van der Waals surface area (Å²) in [5.41, 5.74) is 4.37. The van der Waals surface area contributed by atoms with Gasteiger partial charge in [-0.3, -0.25) is 13.8 Å². The minimum Gasteiger partial charge on any atom is -0.384 e. The lowest BCUT2D eigenvalue weighted by atomic mass is 10.1. The lowest BCUT2D eigenvalue weighted by molar-refractivity contribution is 0.0946. The van der Waals surface area contributed by atoms with Gasteiger partial charge in [0, 0.05) is 54.1 Å². The topological polar surface area (TPSA) is 78.3 Å². The molecule has 39 heavy (non-hydrogen) atoms. The van der Waals surface area contributed by atoms with Crippen molar-refractivity contribution >= 4 is 45.7 Å². The zero-order chi connectivity index (χ0) is 27.2. The van der Waals surface area contributed by atoms with Crippen LogP contribution in [-0.4, -0.2) is 83.0 Å². The molecule has 0 radical (unpaired) electrons. The number of likely N-dealkylation sites (tertiary alicyclic amines) is 1. The zero-order valence-corrected chi connectivity index (χ0v) is 23.4. The Balaban J connectivity index is 1.39. The highest BCUT2D eigenvalue weighted by Crippen LogP contribution is 2.32. The monoisotopic (exact) mass is 549 g/mol. The summed E-state index contributed by atoms with van der Waals surface area (Å²) in [6.07, 6.45) is 8.59. The highest BCUT2D eigenvalue weighted by atomic mass is 32.2. The summed E-state index contributed by atoms with van der Waals surface area (Å²) in [6, 6.07) is 11.5. The number of amides is 1. The normalized spacial score (nSPS) is 14.4. The van der Waals surface area contributed by atoms with Gasteiger partial charge in [0.15, 0.2) is 12.3 Å². The number of carbonyl (C=O) groups is 1. The van der Waals surface area contributed by atoms with Gasteiger partial charge in [0.1, 0.15) is 5.69 Å². The lowest BCUT2D eigenvalue weighted by Gasteiger charge is -2.26. The Kier molecular flexibility index (Phi) is 8.95. The molecule has 0 bridgehead atoms. The summed E-state index contributed by atoms with van der Waals surface area (Å²) in [4.78, 5) is 26.5. The number of aromatic nitrogens is 3. The van der Waals surface area contributed by atoms with E-state index in [1.807, 2.05) is 55.5 Å². The number of fused-ring (bicyclic) bond motifs is 2. The molecule has 206 valence electrons. The van der Waals surface area contributed by atoms with E-state index in [4.69, 9.17) is 4.98 Å². The fourth-order valence-corrected chi connectivity index (χ4v) is 5.57. The van der Waals surface area contributed by atoms with Gasteiger partial charge < -0.3 is 20.4 Å². The van der Waals surface area contributed by atoms with E-state index < -0.39 is 0 Å². The van der Waals surface area contributed by atoms with Gasteiger partial charge in [-0.15, -0.1) is 3.89 Å². The van der Waals surface area contributed by atoms with Crippen molar-refractivity contribution < 1.29 is 8.68 Å². The molecule has 10 heteroatoms. The second-order valence-electron chi connectivity index (χ2n) is 10.4. The number of pyridine rings is 2. The van der Waals surface area contributed by atoms with Crippen LogP contribution in [0.2, 0.25) is 0 Å². The Hall–Kier alpha value is -3.21. The number of carbonyl (C=O) groups excluding carboxylic acids is 1. The number of rotatable bonds is 11. The molecule has 4 heterocycles. The largest absolute Gasteiger partial charge is 0.384 e. The predicted octanol–water partition coefficient (Wildman–Crippen LogP) is 5.21. The molecule has 0 aliphatic carbocycles. The summed E-state index contributed by atoms with van der Waals surface area (Å²) in [5, 5.41) is 8.25. The number of benzene rings is 1. The molecule has 0 spiro atoms. The predicted molar refractivity (Wildman–Crippen MR) is 159 cm³/mol. The Morgan fingerprint density at radius 2 is 1.95 bits per heavy atom. The Labute approximate surface area is 233 Å². The second-order valence-corrected chi connectivity index (χ2v) is 10.9. The van der Waals surface area contributed by atoms with Crippen LogP contribution in [0.1, 0.15) is 36.2 Å². The molecule has 1 aromatic carbocycles. The first-order chi connectivity index (χ1) is 19.0. The van der Waals surface area contributed by atoms with E-state index in [2.05, 4.69) is 20.5 Å². The lowest BCUT2D eigenvalue weighted by Crippen LogP contribution is -2.32. The van der Waals surface area contributed by atoms with Crippen molar-refractivity contribution in [1.29, 1.82) is 0 Å². The van der Waals surface area contributed by atoms with Crippen molar-refractivity contribution in [3.63, 3.8) is 0 Å². The van der Waals surface area contributed by atoms with Crippen LogP contribution in [0, 0.1) is 0 Å². The first-order valence-corrected chi connectivity index (χ1v) is 14.3. The Morgan fingerprint density at radius 1 is 1.10 bits per heavy atom. The van der Waals surface area contributed by atoms with Crippen LogP contribution < -0.4 is 10.6 Å². The van der Waals surface area contributed by atoms with Crippen molar-refractivity contribution in [3.05, 3.63) is 54.5 Å². The maximum atomic E-state index is 14.1. The van der Waals surface area contributed by atoms with E-state index in [0.717, 1.165) is 52.7 Å². The standard InChI is InChI=1S/C29H36FN7OS/c1-35(2)16-12-33-29(38)28-18-22-8-7-21(17-27(22)37(28)39-30)25-19-26(23-20-31-11-9-24(23)34-25)32-10-6-15-36-13-4-3-5-14-36/h7-9,11,17-20H,3-6,10,12-16H2,1-2H3,(H,32,34)(H,33,38). The van der Waals surface area contributed by atoms with Gasteiger partial charge in [-0.1, -0.05) is 18.6 Å². The molecule has 1 amide bonds. The van der Waals surface area contributed by atoms with Crippen LogP contribution in [-0.2, 0) is 0 Å². The molecule has 1 saturated heterocycles.